The SMILES string of the molecule is CCCNc1ncccc1[C@H]1CCCCN1Cc1ccccc1. The molecule has 0 radical (unpaired) electrons. The van der Waals surface area contributed by atoms with Crippen molar-refractivity contribution in [3.05, 3.63) is 59.8 Å². The Kier molecular flexibility index (Phi) is 5.65. The summed E-state index contributed by atoms with van der Waals surface area (Å²) >= 11 is 0. The van der Waals surface area contributed by atoms with Gasteiger partial charge in [-0.05, 0) is 37.4 Å². The van der Waals surface area contributed by atoms with E-state index in [0.717, 1.165) is 25.3 Å². The van der Waals surface area contributed by atoms with E-state index in [1.165, 1.54) is 36.9 Å². The number of nitrogens with zero attached hydrogens (tertiary/aromatic N) is 2. The standard InChI is InChI=1S/C20H27N3/c1-2-13-21-20-18(11-8-14-22-20)19-12-6-7-15-23(19)16-17-9-4-3-5-10-17/h3-5,8-11,14,19H,2,6-7,12-13,15-16H2,1H3,(H,21,22)/t19-/m1/s1. The van der Waals surface area contributed by atoms with E-state index in [1.807, 2.05) is 6.20 Å². The minimum Gasteiger partial charge on any atom is -0.370 e. The highest BCUT2D eigenvalue weighted by atomic mass is 15.2. The summed E-state index contributed by atoms with van der Waals surface area (Å²) in [5.74, 6) is 1.07. The van der Waals surface area contributed by atoms with E-state index >= 15 is 0 Å². The molecule has 3 heteroatoms. The minimum absolute atomic E-state index is 0.469. The van der Waals surface area contributed by atoms with Crippen LogP contribution in [0.5, 0.6) is 0 Å². The molecule has 0 unspecified atom stereocenters. The van der Waals surface area contributed by atoms with Gasteiger partial charge in [0, 0.05) is 30.9 Å². The van der Waals surface area contributed by atoms with Crippen molar-refractivity contribution in [3.8, 4) is 0 Å². The molecule has 1 aromatic carbocycles. The van der Waals surface area contributed by atoms with Crippen molar-refractivity contribution in [1.29, 1.82) is 0 Å². The highest BCUT2D eigenvalue weighted by Gasteiger charge is 2.26. The molecule has 0 spiro atoms. The summed E-state index contributed by atoms with van der Waals surface area (Å²) < 4.78 is 0. The zero-order valence-electron chi connectivity index (χ0n) is 14.0. The number of rotatable bonds is 6. The number of likely N-dealkylation sites (tertiary alicyclic amines) is 1. The molecule has 1 aliphatic heterocycles. The number of piperidine rings is 1. The summed E-state index contributed by atoms with van der Waals surface area (Å²) in [6.07, 6.45) is 6.83. The van der Waals surface area contributed by atoms with Gasteiger partial charge in [0.2, 0.25) is 0 Å². The third-order valence-corrected chi connectivity index (χ3v) is 4.58. The maximum atomic E-state index is 4.60. The Morgan fingerprint density at radius 3 is 2.83 bits per heavy atom. The lowest BCUT2D eigenvalue weighted by Gasteiger charge is -2.36. The van der Waals surface area contributed by atoms with E-state index in [1.54, 1.807) is 0 Å². The number of hydrogen-bond donors (Lipinski definition) is 1. The molecule has 0 amide bonds. The maximum Gasteiger partial charge on any atom is 0.130 e. The van der Waals surface area contributed by atoms with Crippen molar-refractivity contribution in [3.63, 3.8) is 0 Å². The van der Waals surface area contributed by atoms with E-state index < -0.39 is 0 Å². The fourth-order valence-corrected chi connectivity index (χ4v) is 3.43. The summed E-state index contributed by atoms with van der Waals surface area (Å²) in [6, 6.07) is 15.6. The van der Waals surface area contributed by atoms with Gasteiger partial charge in [-0.1, -0.05) is 49.7 Å². The third kappa shape index (κ3) is 4.11. The molecule has 3 nitrogen and oxygen atoms in total. The van der Waals surface area contributed by atoms with Crippen molar-refractivity contribution < 1.29 is 0 Å². The molecule has 1 aliphatic rings. The maximum absolute atomic E-state index is 4.60. The fourth-order valence-electron chi connectivity index (χ4n) is 3.43. The van der Waals surface area contributed by atoms with Crippen molar-refractivity contribution in [2.75, 3.05) is 18.4 Å². The quantitative estimate of drug-likeness (QED) is 0.843. The van der Waals surface area contributed by atoms with Gasteiger partial charge in [-0.25, -0.2) is 4.98 Å². The topological polar surface area (TPSA) is 28.2 Å². The molecular formula is C20H27N3. The zero-order valence-corrected chi connectivity index (χ0v) is 14.0. The Labute approximate surface area is 139 Å². The normalized spacial score (nSPS) is 18.7. The van der Waals surface area contributed by atoms with Crippen LogP contribution in [0.4, 0.5) is 5.82 Å². The first kappa shape index (κ1) is 16.0. The van der Waals surface area contributed by atoms with Gasteiger partial charge < -0.3 is 5.32 Å². The predicted octanol–water partition coefficient (Wildman–Crippen LogP) is 4.63. The lowest BCUT2D eigenvalue weighted by atomic mass is 9.95. The first-order valence-electron chi connectivity index (χ1n) is 8.85. The van der Waals surface area contributed by atoms with Crippen LogP contribution in [0.25, 0.3) is 0 Å². The Bertz CT molecular complexity index is 597. The molecule has 1 aromatic heterocycles. The van der Waals surface area contributed by atoms with Crippen LogP contribution in [0.15, 0.2) is 48.7 Å². The number of hydrogen-bond acceptors (Lipinski definition) is 3. The van der Waals surface area contributed by atoms with Crippen LogP contribution in [0.2, 0.25) is 0 Å². The van der Waals surface area contributed by atoms with Crippen molar-refractivity contribution in [2.45, 2.75) is 45.2 Å². The summed E-state index contributed by atoms with van der Waals surface area (Å²) in [7, 11) is 0. The number of benzene rings is 1. The van der Waals surface area contributed by atoms with Gasteiger partial charge in [0.15, 0.2) is 0 Å². The summed E-state index contributed by atoms with van der Waals surface area (Å²) in [4.78, 5) is 7.21. The molecule has 1 N–H and O–H groups in total. The lowest BCUT2D eigenvalue weighted by molar-refractivity contribution is 0.140. The van der Waals surface area contributed by atoms with Crippen LogP contribution in [-0.4, -0.2) is 23.0 Å². The Morgan fingerprint density at radius 1 is 1.13 bits per heavy atom. The summed E-state index contributed by atoms with van der Waals surface area (Å²) in [5.41, 5.74) is 2.75. The molecule has 3 rings (SSSR count). The first-order valence-corrected chi connectivity index (χ1v) is 8.85. The van der Waals surface area contributed by atoms with E-state index in [4.69, 9.17) is 0 Å². The molecule has 0 saturated carbocycles. The fraction of sp³-hybridized carbons (Fsp3) is 0.450. The Morgan fingerprint density at radius 2 is 2.00 bits per heavy atom. The van der Waals surface area contributed by atoms with Crippen LogP contribution >= 0.6 is 0 Å². The largest absolute Gasteiger partial charge is 0.370 e. The van der Waals surface area contributed by atoms with Crippen LogP contribution in [0, 0.1) is 0 Å². The average Bonchev–Trinajstić information content (AvgIpc) is 2.62. The molecule has 2 heterocycles. The van der Waals surface area contributed by atoms with Gasteiger partial charge in [0.25, 0.3) is 0 Å². The minimum atomic E-state index is 0.469. The lowest BCUT2D eigenvalue weighted by Crippen LogP contribution is -2.33. The Balaban J connectivity index is 1.81. The molecule has 0 bridgehead atoms. The average molecular weight is 309 g/mol. The van der Waals surface area contributed by atoms with Gasteiger partial charge in [0.1, 0.15) is 5.82 Å². The molecule has 1 fully saturated rings. The summed E-state index contributed by atoms with van der Waals surface area (Å²) in [6.45, 7) is 5.36. The third-order valence-electron chi connectivity index (χ3n) is 4.58. The van der Waals surface area contributed by atoms with Crippen molar-refractivity contribution in [2.24, 2.45) is 0 Å². The van der Waals surface area contributed by atoms with E-state index in [9.17, 15) is 0 Å². The van der Waals surface area contributed by atoms with Crippen LogP contribution in [0.3, 0.4) is 0 Å². The second-order valence-electron chi connectivity index (χ2n) is 6.34. The highest BCUT2D eigenvalue weighted by Crippen LogP contribution is 2.35. The van der Waals surface area contributed by atoms with Gasteiger partial charge >= 0.3 is 0 Å². The van der Waals surface area contributed by atoms with Crippen LogP contribution < -0.4 is 5.32 Å². The number of nitrogens with one attached hydrogen (secondary N) is 1. The van der Waals surface area contributed by atoms with Gasteiger partial charge in [-0.3, -0.25) is 4.90 Å². The van der Waals surface area contributed by atoms with Crippen LogP contribution in [-0.2, 0) is 6.54 Å². The predicted molar refractivity (Wildman–Crippen MR) is 96.5 cm³/mol. The second-order valence-corrected chi connectivity index (χ2v) is 6.34. The number of pyridine rings is 1. The molecule has 122 valence electrons. The number of aromatic nitrogens is 1. The van der Waals surface area contributed by atoms with Crippen molar-refractivity contribution in [1.82, 2.24) is 9.88 Å². The molecule has 1 saturated heterocycles. The monoisotopic (exact) mass is 309 g/mol. The molecular weight excluding hydrogens is 282 g/mol. The molecule has 2 aromatic rings. The smallest absolute Gasteiger partial charge is 0.130 e. The van der Waals surface area contributed by atoms with E-state index in [0.29, 0.717) is 6.04 Å². The molecule has 1 atom stereocenters. The van der Waals surface area contributed by atoms with Gasteiger partial charge in [0.05, 0.1) is 0 Å². The summed E-state index contributed by atoms with van der Waals surface area (Å²) in [5, 5.41) is 3.51. The van der Waals surface area contributed by atoms with Crippen LogP contribution in [0.1, 0.15) is 49.8 Å². The van der Waals surface area contributed by atoms with Gasteiger partial charge in [-0.15, -0.1) is 0 Å². The number of anilines is 1. The second kappa shape index (κ2) is 8.11. The zero-order chi connectivity index (χ0) is 15.9. The van der Waals surface area contributed by atoms with Crippen molar-refractivity contribution >= 4 is 5.82 Å². The van der Waals surface area contributed by atoms with E-state index in [2.05, 4.69) is 64.6 Å². The first-order chi connectivity index (χ1) is 11.4. The van der Waals surface area contributed by atoms with E-state index in [-0.39, 0.29) is 0 Å². The highest BCUT2D eigenvalue weighted by molar-refractivity contribution is 5.46. The molecule has 23 heavy (non-hydrogen) atoms. The van der Waals surface area contributed by atoms with Gasteiger partial charge in [-0.2, -0.15) is 0 Å². The Hall–Kier alpha value is -1.87. The molecule has 0 aliphatic carbocycles.